The van der Waals surface area contributed by atoms with Gasteiger partial charge in [-0.2, -0.15) is 0 Å². The summed E-state index contributed by atoms with van der Waals surface area (Å²) < 4.78 is 24.1. The predicted molar refractivity (Wildman–Crippen MR) is 95.3 cm³/mol. The normalized spacial score (nSPS) is 19.2. The molecule has 1 fully saturated rings. The Balaban J connectivity index is 1.62. The van der Waals surface area contributed by atoms with E-state index in [9.17, 15) is 0 Å². The van der Waals surface area contributed by atoms with Crippen molar-refractivity contribution in [2.45, 2.75) is 32.3 Å². The van der Waals surface area contributed by atoms with Crippen molar-refractivity contribution >= 4 is 15.9 Å². The van der Waals surface area contributed by atoms with Crippen molar-refractivity contribution in [1.82, 2.24) is 0 Å². The summed E-state index contributed by atoms with van der Waals surface area (Å²) in [7, 11) is 0. The highest BCUT2D eigenvalue weighted by Gasteiger charge is 2.33. The van der Waals surface area contributed by atoms with Gasteiger partial charge in [0.25, 0.3) is 0 Å². The Labute approximate surface area is 150 Å². The quantitative estimate of drug-likeness (QED) is 0.721. The molecular formula is C19H21BrO4. The van der Waals surface area contributed by atoms with Gasteiger partial charge >= 0.3 is 0 Å². The molecule has 0 spiro atoms. The fourth-order valence-corrected chi connectivity index (χ4v) is 2.82. The molecule has 1 heterocycles. The molecule has 4 nitrogen and oxygen atoms in total. The van der Waals surface area contributed by atoms with Gasteiger partial charge in [0.15, 0.2) is 17.3 Å². The first-order chi connectivity index (χ1) is 11.5. The summed E-state index contributed by atoms with van der Waals surface area (Å²) in [6, 6.07) is 15.8. The van der Waals surface area contributed by atoms with Crippen molar-refractivity contribution in [3.05, 3.63) is 58.6 Å². The van der Waals surface area contributed by atoms with E-state index in [1.54, 1.807) is 0 Å². The van der Waals surface area contributed by atoms with Gasteiger partial charge in [-0.1, -0.05) is 46.3 Å². The standard InChI is InChI=1S/C19H21BrO4/c1-19(2)23-13-16(24-19)12-22-17-9-8-15(20)10-18(17)21-11-14-6-4-3-5-7-14/h3-10,16H,11-13H2,1-2H3. The Morgan fingerprint density at radius 2 is 1.88 bits per heavy atom. The number of hydrogen-bond donors (Lipinski definition) is 0. The number of halogens is 1. The maximum absolute atomic E-state index is 5.93. The lowest BCUT2D eigenvalue weighted by Crippen LogP contribution is -2.25. The van der Waals surface area contributed by atoms with Crippen LogP contribution in [0.1, 0.15) is 19.4 Å². The fourth-order valence-electron chi connectivity index (χ4n) is 2.48. The topological polar surface area (TPSA) is 36.9 Å². The van der Waals surface area contributed by atoms with E-state index in [4.69, 9.17) is 18.9 Å². The van der Waals surface area contributed by atoms with Gasteiger partial charge in [-0.15, -0.1) is 0 Å². The second kappa shape index (κ2) is 7.55. The van der Waals surface area contributed by atoms with Crippen LogP contribution in [0.25, 0.3) is 0 Å². The van der Waals surface area contributed by atoms with Gasteiger partial charge in [0, 0.05) is 4.47 Å². The lowest BCUT2D eigenvalue weighted by molar-refractivity contribution is -0.141. The second-order valence-corrected chi connectivity index (χ2v) is 7.04. The van der Waals surface area contributed by atoms with Crippen molar-refractivity contribution in [3.63, 3.8) is 0 Å². The van der Waals surface area contributed by atoms with E-state index in [1.165, 1.54) is 0 Å². The number of benzene rings is 2. The van der Waals surface area contributed by atoms with E-state index >= 15 is 0 Å². The monoisotopic (exact) mass is 392 g/mol. The molecule has 2 aromatic rings. The van der Waals surface area contributed by atoms with Crippen LogP contribution in [0, 0.1) is 0 Å². The van der Waals surface area contributed by atoms with Crippen LogP contribution >= 0.6 is 15.9 Å². The first kappa shape index (κ1) is 17.3. The zero-order valence-corrected chi connectivity index (χ0v) is 15.4. The Bertz CT molecular complexity index is 672. The van der Waals surface area contributed by atoms with Crippen molar-refractivity contribution in [3.8, 4) is 11.5 Å². The molecular weight excluding hydrogens is 372 g/mol. The first-order valence-electron chi connectivity index (χ1n) is 7.93. The lowest BCUT2D eigenvalue weighted by atomic mass is 10.2. The molecule has 1 saturated heterocycles. The van der Waals surface area contributed by atoms with Crippen LogP contribution in [0.3, 0.4) is 0 Å². The largest absolute Gasteiger partial charge is 0.487 e. The molecule has 0 bridgehead atoms. The summed E-state index contributed by atoms with van der Waals surface area (Å²) in [5.74, 6) is 0.856. The van der Waals surface area contributed by atoms with Crippen molar-refractivity contribution in [2.75, 3.05) is 13.2 Å². The Hall–Kier alpha value is -1.56. The van der Waals surface area contributed by atoms with Crippen LogP contribution in [0.4, 0.5) is 0 Å². The fraction of sp³-hybridized carbons (Fsp3) is 0.368. The third-order valence-electron chi connectivity index (χ3n) is 3.63. The van der Waals surface area contributed by atoms with E-state index in [-0.39, 0.29) is 6.10 Å². The maximum atomic E-state index is 5.93. The Morgan fingerprint density at radius 3 is 2.58 bits per heavy atom. The van der Waals surface area contributed by atoms with E-state index in [1.807, 2.05) is 62.4 Å². The van der Waals surface area contributed by atoms with Crippen LogP contribution in [-0.2, 0) is 16.1 Å². The second-order valence-electron chi connectivity index (χ2n) is 6.13. The first-order valence-corrected chi connectivity index (χ1v) is 8.72. The summed E-state index contributed by atoms with van der Waals surface area (Å²) >= 11 is 3.47. The molecule has 0 saturated carbocycles. The number of ether oxygens (including phenoxy) is 4. The minimum Gasteiger partial charge on any atom is -0.487 e. The summed E-state index contributed by atoms with van der Waals surface area (Å²) in [6.07, 6.45) is -0.0781. The SMILES string of the molecule is CC1(C)OCC(COc2ccc(Br)cc2OCc2ccccc2)O1. The molecule has 0 aromatic heterocycles. The van der Waals surface area contributed by atoms with Crippen LogP contribution < -0.4 is 9.47 Å². The molecule has 0 aliphatic carbocycles. The number of rotatable bonds is 6. The third kappa shape index (κ3) is 4.72. The van der Waals surface area contributed by atoms with Gasteiger partial charge in [-0.05, 0) is 37.6 Å². The minimum absolute atomic E-state index is 0.0781. The van der Waals surface area contributed by atoms with Gasteiger partial charge in [0.05, 0.1) is 6.61 Å². The van der Waals surface area contributed by atoms with Gasteiger partial charge in [0.2, 0.25) is 0 Å². The highest BCUT2D eigenvalue weighted by Crippen LogP contribution is 2.32. The minimum atomic E-state index is -0.541. The third-order valence-corrected chi connectivity index (χ3v) is 4.13. The van der Waals surface area contributed by atoms with E-state index < -0.39 is 5.79 Å². The molecule has 2 aromatic carbocycles. The molecule has 0 amide bonds. The average Bonchev–Trinajstić information content (AvgIpc) is 2.92. The zero-order chi connectivity index (χ0) is 17.0. The summed E-state index contributed by atoms with van der Waals surface area (Å²) in [6.45, 7) is 5.25. The van der Waals surface area contributed by atoms with Gasteiger partial charge in [-0.3, -0.25) is 0 Å². The molecule has 3 rings (SSSR count). The molecule has 0 radical (unpaired) electrons. The maximum Gasteiger partial charge on any atom is 0.163 e. The van der Waals surface area contributed by atoms with Crippen LogP contribution in [-0.4, -0.2) is 25.1 Å². The smallest absolute Gasteiger partial charge is 0.163 e. The van der Waals surface area contributed by atoms with E-state index in [0.29, 0.717) is 31.3 Å². The number of hydrogen-bond acceptors (Lipinski definition) is 4. The van der Waals surface area contributed by atoms with E-state index in [2.05, 4.69) is 15.9 Å². The molecule has 128 valence electrons. The molecule has 5 heteroatoms. The van der Waals surface area contributed by atoms with Gasteiger partial charge in [0.1, 0.15) is 19.3 Å². The van der Waals surface area contributed by atoms with E-state index in [0.717, 1.165) is 10.0 Å². The lowest BCUT2D eigenvalue weighted by Gasteiger charge is -2.18. The molecule has 24 heavy (non-hydrogen) atoms. The Kier molecular flexibility index (Phi) is 5.43. The molecule has 1 aliphatic rings. The van der Waals surface area contributed by atoms with Gasteiger partial charge < -0.3 is 18.9 Å². The highest BCUT2D eigenvalue weighted by atomic mass is 79.9. The summed E-state index contributed by atoms with van der Waals surface area (Å²) in [5, 5.41) is 0. The zero-order valence-electron chi connectivity index (χ0n) is 13.8. The average molecular weight is 393 g/mol. The highest BCUT2D eigenvalue weighted by molar-refractivity contribution is 9.10. The van der Waals surface area contributed by atoms with Gasteiger partial charge in [-0.25, -0.2) is 0 Å². The van der Waals surface area contributed by atoms with Crippen molar-refractivity contribution in [1.29, 1.82) is 0 Å². The van der Waals surface area contributed by atoms with Crippen molar-refractivity contribution < 1.29 is 18.9 Å². The molecule has 1 aliphatic heterocycles. The summed E-state index contributed by atoms with van der Waals surface area (Å²) in [4.78, 5) is 0. The van der Waals surface area contributed by atoms with Crippen LogP contribution in [0.2, 0.25) is 0 Å². The predicted octanol–water partition coefficient (Wildman–Crippen LogP) is 4.56. The van der Waals surface area contributed by atoms with Crippen molar-refractivity contribution in [2.24, 2.45) is 0 Å². The molecule has 1 unspecified atom stereocenters. The molecule has 1 atom stereocenters. The van der Waals surface area contributed by atoms with Crippen LogP contribution in [0.5, 0.6) is 11.5 Å². The van der Waals surface area contributed by atoms with Crippen LogP contribution in [0.15, 0.2) is 53.0 Å². The Morgan fingerprint density at radius 1 is 1.08 bits per heavy atom. The summed E-state index contributed by atoms with van der Waals surface area (Å²) in [5.41, 5.74) is 1.11. The molecule has 0 N–H and O–H groups in total.